The topological polar surface area (TPSA) is 90.7 Å². The molecule has 2 heterocycles. The maximum Gasteiger partial charge on any atom is 0.451 e. The van der Waals surface area contributed by atoms with E-state index >= 15 is 0 Å². The molecule has 2 rings (SSSR count). The van der Waals surface area contributed by atoms with Gasteiger partial charge in [-0.2, -0.15) is 18.2 Å². The van der Waals surface area contributed by atoms with Gasteiger partial charge in [0.2, 0.25) is 17.5 Å². The number of aromatic nitrogens is 4. The van der Waals surface area contributed by atoms with Gasteiger partial charge < -0.3 is 10.3 Å². The summed E-state index contributed by atoms with van der Waals surface area (Å²) >= 11 is 0. The average molecular weight is 296 g/mol. The Morgan fingerprint density at radius 1 is 1.32 bits per heavy atom. The van der Waals surface area contributed by atoms with Crippen molar-refractivity contribution in [3.63, 3.8) is 0 Å². The quantitative estimate of drug-likeness (QED) is 0.911. The third-order valence-electron chi connectivity index (χ3n) is 1.97. The minimum absolute atomic E-state index is 0. The molecular weight excluding hydrogens is 287 g/mol. The molecule has 0 spiro atoms. The third kappa shape index (κ3) is 3.38. The Morgan fingerprint density at radius 2 is 2.00 bits per heavy atom. The Labute approximate surface area is 111 Å². The molecule has 0 saturated carbocycles. The normalized spacial score (nSPS) is 12.9. The van der Waals surface area contributed by atoms with E-state index in [-0.39, 0.29) is 29.8 Å². The third-order valence-corrected chi connectivity index (χ3v) is 1.97. The molecule has 2 aromatic heterocycles. The summed E-state index contributed by atoms with van der Waals surface area (Å²) in [4.78, 5) is 10.3. The largest absolute Gasteiger partial charge is 0.451 e. The number of halogens is 4. The minimum atomic E-state index is -4.62. The fourth-order valence-corrected chi connectivity index (χ4v) is 1.14. The first-order valence-corrected chi connectivity index (χ1v) is 4.87. The van der Waals surface area contributed by atoms with Crippen molar-refractivity contribution in [2.24, 2.45) is 5.73 Å². The highest BCUT2D eigenvalue weighted by atomic mass is 35.5. The van der Waals surface area contributed by atoms with Gasteiger partial charge in [0.15, 0.2) is 0 Å². The van der Waals surface area contributed by atoms with Crippen LogP contribution in [0, 0.1) is 0 Å². The maximum atomic E-state index is 12.4. The summed E-state index contributed by atoms with van der Waals surface area (Å²) in [5.74, 6) is -1.19. The van der Waals surface area contributed by atoms with Crippen LogP contribution < -0.4 is 5.73 Å². The van der Waals surface area contributed by atoms with Crippen molar-refractivity contribution < 1.29 is 17.7 Å². The van der Waals surface area contributed by atoms with E-state index in [0.29, 0.717) is 0 Å². The number of hydrogen-bond acceptors (Lipinski definition) is 6. The van der Waals surface area contributed by atoms with Crippen LogP contribution in [0.2, 0.25) is 0 Å². The number of nitrogens with zero attached hydrogens (tertiary/aromatic N) is 4. The monoisotopic (exact) mass is 295 g/mol. The van der Waals surface area contributed by atoms with Gasteiger partial charge in [-0.25, -0.2) is 9.97 Å². The van der Waals surface area contributed by atoms with E-state index in [4.69, 9.17) is 10.3 Å². The average Bonchev–Trinajstić information content (AvgIpc) is 2.77. The molecule has 6 nitrogen and oxygen atoms in total. The van der Waals surface area contributed by atoms with Gasteiger partial charge in [0.05, 0.1) is 6.04 Å². The van der Waals surface area contributed by atoms with Gasteiger partial charge in [0.1, 0.15) is 5.69 Å². The van der Waals surface area contributed by atoms with Crippen molar-refractivity contribution in [1.82, 2.24) is 20.1 Å². The molecule has 0 aliphatic carbocycles. The molecule has 0 amide bonds. The lowest BCUT2D eigenvalue weighted by atomic mass is 10.3. The summed E-state index contributed by atoms with van der Waals surface area (Å²) in [6.45, 7) is 1.61. The highest BCUT2D eigenvalue weighted by molar-refractivity contribution is 5.85. The van der Waals surface area contributed by atoms with Gasteiger partial charge in [-0.1, -0.05) is 5.16 Å². The molecule has 0 fully saturated rings. The van der Waals surface area contributed by atoms with E-state index in [0.717, 1.165) is 6.20 Å². The van der Waals surface area contributed by atoms with Crippen LogP contribution in [0.1, 0.15) is 24.7 Å². The summed E-state index contributed by atoms with van der Waals surface area (Å²) < 4.78 is 42.0. The molecular formula is C9H9ClF3N5O. The molecule has 19 heavy (non-hydrogen) atoms. The second-order valence-electron chi connectivity index (χ2n) is 3.51. The minimum Gasteiger partial charge on any atom is -0.337 e. The molecule has 0 aromatic carbocycles. The summed E-state index contributed by atoms with van der Waals surface area (Å²) in [7, 11) is 0. The second-order valence-corrected chi connectivity index (χ2v) is 3.51. The summed E-state index contributed by atoms with van der Waals surface area (Å²) in [5.41, 5.74) is 5.42. The maximum absolute atomic E-state index is 12.4. The van der Waals surface area contributed by atoms with Crippen LogP contribution in [0.5, 0.6) is 0 Å². The van der Waals surface area contributed by atoms with Crippen LogP contribution in [-0.2, 0) is 6.18 Å². The Kier molecular flexibility index (Phi) is 4.43. The zero-order valence-corrected chi connectivity index (χ0v) is 10.4. The first-order chi connectivity index (χ1) is 8.38. The van der Waals surface area contributed by atoms with E-state index < -0.39 is 18.0 Å². The van der Waals surface area contributed by atoms with Crippen molar-refractivity contribution in [1.29, 1.82) is 0 Å². The lowest BCUT2D eigenvalue weighted by Gasteiger charge is -2.04. The Balaban J connectivity index is 0.00000180. The molecule has 0 bridgehead atoms. The van der Waals surface area contributed by atoms with Crippen molar-refractivity contribution >= 4 is 12.4 Å². The summed E-state index contributed by atoms with van der Waals surface area (Å²) in [5, 5.41) is 3.51. The fourth-order valence-electron chi connectivity index (χ4n) is 1.14. The molecule has 2 N–H and O–H groups in total. The highest BCUT2D eigenvalue weighted by Crippen LogP contribution is 2.27. The predicted molar refractivity (Wildman–Crippen MR) is 60.2 cm³/mol. The molecule has 2 aromatic rings. The molecule has 1 atom stereocenters. The van der Waals surface area contributed by atoms with Crippen LogP contribution in [0.25, 0.3) is 11.5 Å². The second kappa shape index (κ2) is 5.49. The van der Waals surface area contributed by atoms with Gasteiger partial charge in [0, 0.05) is 6.20 Å². The van der Waals surface area contributed by atoms with E-state index in [1.165, 1.54) is 6.07 Å². The first-order valence-electron chi connectivity index (χ1n) is 4.87. The van der Waals surface area contributed by atoms with Gasteiger partial charge in [-0.05, 0) is 13.0 Å². The van der Waals surface area contributed by atoms with E-state index in [1.807, 2.05) is 0 Å². The van der Waals surface area contributed by atoms with Crippen LogP contribution >= 0.6 is 12.4 Å². The lowest BCUT2D eigenvalue weighted by Crippen LogP contribution is -2.11. The van der Waals surface area contributed by atoms with Crippen LogP contribution in [0.3, 0.4) is 0 Å². The molecule has 0 aliphatic rings. The Morgan fingerprint density at radius 3 is 2.53 bits per heavy atom. The van der Waals surface area contributed by atoms with Crippen molar-refractivity contribution in [2.45, 2.75) is 19.1 Å². The summed E-state index contributed by atoms with van der Waals surface area (Å²) in [6, 6.07) is 0.751. The molecule has 0 saturated heterocycles. The van der Waals surface area contributed by atoms with Gasteiger partial charge in [0.25, 0.3) is 0 Å². The lowest BCUT2D eigenvalue weighted by molar-refractivity contribution is -0.144. The van der Waals surface area contributed by atoms with Gasteiger partial charge in [-0.15, -0.1) is 12.4 Å². The van der Waals surface area contributed by atoms with Gasteiger partial charge in [-0.3, -0.25) is 0 Å². The molecule has 0 aliphatic heterocycles. The fraction of sp³-hybridized carbons (Fsp3) is 0.333. The van der Waals surface area contributed by atoms with E-state index in [1.54, 1.807) is 6.92 Å². The Hall–Kier alpha value is -1.74. The zero-order valence-electron chi connectivity index (χ0n) is 9.55. The van der Waals surface area contributed by atoms with Crippen LogP contribution in [0.15, 0.2) is 16.8 Å². The smallest absolute Gasteiger partial charge is 0.337 e. The van der Waals surface area contributed by atoms with Crippen molar-refractivity contribution in [2.75, 3.05) is 0 Å². The van der Waals surface area contributed by atoms with Crippen LogP contribution in [-0.4, -0.2) is 20.1 Å². The van der Waals surface area contributed by atoms with Gasteiger partial charge >= 0.3 is 6.18 Å². The van der Waals surface area contributed by atoms with E-state index in [9.17, 15) is 13.2 Å². The van der Waals surface area contributed by atoms with Crippen LogP contribution in [0.4, 0.5) is 13.2 Å². The number of nitrogens with two attached hydrogens (primary N) is 1. The van der Waals surface area contributed by atoms with Crippen molar-refractivity contribution in [3.8, 4) is 11.5 Å². The number of rotatable bonds is 2. The molecule has 0 radical (unpaired) electrons. The number of hydrogen-bond donors (Lipinski definition) is 1. The summed E-state index contributed by atoms with van der Waals surface area (Å²) in [6.07, 6.45) is -3.64. The highest BCUT2D eigenvalue weighted by Gasteiger charge is 2.35. The van der Waals surface area contributed by atoms with Crippen molar-refractivity contribution in [3.05, 3.63) is 24.0 Å². The number of alkyl halides is 3. The first kappa shape index (κ1) is 15.3. The SMILES string of the molecule is C[C@H](N)c1nc(-c2ccnc(C(F)(F)F)n2)no1.Cl. The standard InChI is InChI=1S/C9H8F3N5O.ClH/c1-4(13)7-16-6(17-18-7)5-2-3-14-8(15-5)9(10,11)12;/h2-4H,13H2,1H3;1H/t4-;/m0./s1. The van der Waals surface area contributed by atoms with E-state index in [2.05, 4.69) is 20.1 Å². The molecule has 0 unspecified atom stereocenters. The molecule has 104 valence electrons. The zero-order chi connectivity index (χ0) is 13.3. The Bertz CT molecular complexity index is 557. The molecule has 10 heteroatoms. The predicted octanol–water partition coefficient (Wildman–Crippen LogP) is 1.99.